The van der Waals surface area contributed by atoms with Crippen LogP contribution in [0.5, 0.6) is 17.2 Å². The highest BCUT2D eigenvalue weighted by atomic mass is 16.5. The van der Waals surface area contributed by atoms with E-state index in [-0.39, 0.29) is 18.2 Å². The van der Waals surface area contributed by atoms with Crippen molar-refractivity contribution in [1.82, 2.24) is 10.6 Å². The number of carbonyl (C=O) groups excluding carboxylic acids is 2. The first-order valence-corrected chi connectivity index (χ1v) is 8.54. The zero-order chi connectivity index (χ0) is 19.5. The molecule has 2 rings (SSSR count). The Morgan fingerprint density at radius 2 is 1.52 bits per heavy atom. The van der Waals surface area contributed by atoms with E-state index in [2.05, 4.69) is 10.6 Å². The van der Waals surface area contributed by atoms with Crippen LogP contribution in [0.15, 0.2) is 48.5 Å². The highest BCUT2D eigenvalue weighted by Crippen LogP contribution is 2.17. The molecule has 7 heteroatoms. The molecule has 2 amide bonds. The Balaban J connectivity index is 1.63. The Morgan fingerprint density at radius 1 is 0.852 bits per heavy atom. The highest BCUT2D eigenvalue weighted by molar-refractivity contribution is 5.96. The van der Waals surface area contributed by atoms with E-state index < -0.39 is 0 Å². The standard InChI is InChI=1S/C20H24N2O5/c1-25-16-7-9-17(10-8-16)27-12-11-21-19(23)13-20(24)22-14-15-5-3-4-6-18(15)26-2/h3-10H,11-14H2,1-2H3,(H,21,23)(H,22,24). The van der Waals surface area contributed by atoms with Gasteiger partial charge in [0.15, 0.2) is 0 Å². The van der Waals surface area contributed by atoms with Crippen molar-refractivity contribution in [3.63, 3.8) is 0 Å². The third-order valence-electron chi connectivity index (χ3n) is 3.74. The van der Waals surface area contributed by atoms with Crippen LogP contribution < -0.4 is 24.8 Å². The van der Waals surface area contributed by atoms with Crippen LogP contribution in [-0.2, 0) is 16.1 Å². The lowest BCUT2D eigenvalue weighted by Gasteiger charge is -2.10. The zero-order valence-electron chi connectivity index (χ0n) is 15.5. The molecule has 0 radical (unpaired) electrons. The molecule has 0 aromatic heterocycles. The Morgan fingerprint density at radius 3 is 2.22 bits per heavy atom. The smallest absolute Gasteiger partial charge is 0.229 e. The van der Waals surface area contributed by atoms with Gasteiger partial charge in [-0.3, -0.25) is 9.59 Å². The lowest BCUT2D eigenvalue weighted by atomic mass is 10.2. The molecule has 7 nitrogen and oxygen atoms in total. The number of amides is 2. The first-order valence-electron chi connectivity index (χ1n) is 8.54. The fraction of sp³-hybridized carbons (Fsp3) is 0.300. The third-order valence-corrected chi connectivity index (χ3v) is 3.74. The molecule has 2 N–H and O–H groups in total. The van der Waals surface area contributed by atoms with Gasteiger partial charge >= 0.3 is 0 Å². The molecule has 0 heterocycles. The Bertz CT molecular complexity index is 746. The van der Waals surface area contributed by atoms with E-state index in [1.54, 1.807) is 38.5 Å². The van der Waals surface area contributed by atoms with Crippen LogP contribution in [0.2, 0.25) is 0 Å². The predicted octanol–water partition coefficient (Wildman–Crippen LogP) is 1.91. The maximum Gasteiger partial charge on any atom is 0.229 e. The molecule has 0 saturated carbocycles. The number of para-hydroxylation sites is 1. The van der Waals surface area contributed by atoms with Gasteiger partial charge in [-0.1, -0.05) is 18.2 Å². The number of ether oxygens (including phenoxy) is 3. The number of hydrogen-bond acceptors (Lipinski definition) is 5. The van der Waals surface area contributed by atoms with E-state index in [0.29, 0.717) is 31.2 Å². The third kappa shape index (κ3) is 6.89. The quantitative estimate of drug-likeness (QED) is 0.491. The van der Waals surface area contributed by atoms with Crippen LogP contribution in [0, 0.1) is 0 Å². The molecule has 0 aliphatic carbocycles. The fourth-order valence-electron chi connectivity index (χ4n) is 2.34. The summed E-state index contributed by atoms with van der Waals surface area (Å²) in [6, 6.07) is 14.5. The molecular weight excluding hydrogens is 348 g/mol. The van der Waals surface area contributed by atoms with Crippen molar-refractivity contribution in [2.45, 2.75) is 13.0 Å². The average molecular weight is 372 g/mol. The summed E-state index contributed by atoms with van der Waals surface area (Å²) in [5.74, 6) is 1.41. The summed E-state index contributed by atoms with van der Waals surface area (Å²) in [6.07, 6.45) is -0.238. The molecular formula is C20H24N2O5. The lowest BCUT2D eigenvalue weighted by Crippen LogP contribution is -2.33. The number of carbonyl (C=O) groups is 2. The summed E-state index contributed by atoms with van der Waals surface area (Å²) in [4.78, 5) is 23.7. The summed E-state index contributed by atoms with van der Waals surface area (Å²) in [5, 5.41) is 5.36. The lowest BCUT2D eigenvalue weighted by molar-refractivity contribution is -0.129. The Hall–Kier alpha value is -3.22. The number of hydrogen-bond donors (Lipinski definition) is 2. The van der Waals surface area contributed by atoms with Gasteiger partial charge in [0.05, 0.1) is 20.8 Å². The average Bonchev–Trinajstić information content (AvgIpc) is 2.70. The molecule has 144 valence electrons. The molecule has 0 aliphatic heterocycles. The van der Waals surface area contributed by atoms with Crippen molar-refractivity contribution in [2.75, 3.05) is 27.4 Å². The van der Waals surface area contributed by atoms with Crippen molar-refractivity contribution < 1.29 is 23.8 Å². The summed E-state index contributed by atoms with van der Waals surface area (Å²) in [6.45, 7) is 0.919. The number of rotatable bonds is 10. The monoisotopic (exact) mass is 372 g/mol. The van der Waals surface area contributed by atoms with Gasteiger partial charge in [0.25, 0.3) is 0 Å². The molecule has 0 aliphatic rings. The van der Waals surface area contributed by atoms with Crippen LogP contribution in [0.3, 0.4) is 0 Å². The molecule has 0 atom stereocenters. The van der Waals surface area contributed by atoms with Crippen LogP contribution in [0.25, 0.3) is 0 Å². The highest BCUT2D eigenvalue weighted by Gasteiger charge is 2.10. The van der Waals surface area contributed by atoms with Gasteiger partial charge in [0.1, 0.15) is 30.3 Å². The minimum atomic E-state index is -0.356. The summed E-state index contributed by atoms with van der Waals surface area (Å²) in [5.41, 5.74) is 0.849. The van der Waals surface area contributed by atoms with Gasteiger partial charge in [0.2, 0.25) is 11.8 Å². The Labute approximate surface area is 158 Å². The van der Waals surface area contributed by atoms with E-state index in [0.717, 1.165) is 11.3 Å². The van der Waals surface area contributed by atoms with Crippen LogP contribution in [-0.4, -0.2) is 39.2 Å². The number of methoxy groups -OCH3 is 2. The fourth-order valence-corrected chi connectivity index (χ4v) is 2.34. The SMILES string of the molecule is COc1ccc(OCCNC(=O)CC(=O)NCc2ccccc2OC)cc1. The maximum absolute atomic E-state index is 11.9. The van der Waals surface area contributed by atoms with Gasteiger partial charge in [-0.15, -0.1) is 0 Å². The molecule has 0 spiro atoms. The van der Waals surface area contributed by atoms with Gasteiger partial charge in [-0.25, -0.2) is 0 Å². The van der Waals surface area contributed by atoms with Crippen LogP contribution >= 0.6 is 0 Å². The van der Waals surface area contributed by atoms with E-state index in [1.807, 2.05) is 24.3 Å². The largest absolute Gasteiger partial charge is 0.497 e. The second-order valence-corrected chi connectivity index (χ2v) is 5.64. The second-order valence-electron chi connectivity index (χ2n) is 5.64. The molecule has 2 aromatic carbocycles. The normalized spacial score (nSPS) is 10.0. The van der Waals surface area contributed by atoms with Gasteiger partial charge in [0, 0.05) is 12.1 Å². The minimum Gasteiger partial charge on any atom is -0.497 e. The van der Waals surface area contributed by atoms with Crippen LogP contribution in [0.1, 0.15) is 12.0 Å². The van der Waals surface area contributed by atoms with E-state index in [1.165, 1.54) is 0 Å². The molecule has 0 unspecified atom stereocenters. The van der Waals surface area contributed by atoms with E-state index in [4.69, 9.17) is 14.2 Å². The Kier molecular flexibility index (Phi) is 7.96. The summed E-state index contributed by atoms with van der Waals surface area (Å²) in [7, 11) is 3.17. The summed E-state index contributed by atoms with van der Waals surface area (Å²) < 4.78 is 15.8. The minimum absolute atomic E-state index is 0.238. The van der Waals surface area contributed by atoms with Gasteiger partial charge in [-0.2, -0.15) is 0 Å². The van der Waals surface area contributed by atoms with Crippen LogP contribution in [0.4, 0.5) is 0 Å². The van der Waals surface area contributed by atoms with Crippen molar-refractivity contribution in [2.24, 2.45) is 0 Å². The number of benzene rings is 2. The van der Waals surface area contributed by atoms with Gasteiger partial charge in [-0.05, 0) is 30.3 Å². The van der Waals surface area contributed by atoms with E-state index >= 15 is 0 Å². The molecule has 0 fully saturated rings. The maximum atomic E-state index is 11.9. The number of nitrogens with one attached hydrogen (secondary N) is 2. The molecule has 27 heavy (non-hydrogen) atoms. The van der Waals surface area contributed by atoms with Crippen molar-refractivity contribution in [3.05, 3.63) is 54.1 Å². The molecule has 0 bridgehead atoms. The van der Waals surface area contributed by atoms with Crippen molar-refractivity contribution >= 4 is 11.8 Å². The zero-order valence-corrected chi connectivity index (χ0v) is 15.5. The first-order chi connectivity index (χ1) is 13.1. The van der Waals surface area contributed by atoms with Crippen molar-refractivity contribution in [3.8, 4) is 17.2 Å². The summed E-state index contributed by atoms with van der Waals surface area (Å²) >= 11 is 0. The first kappa shape index (κ1) is 20.1. The second kappa shape index (κ2) is 10.7. The van der Waals surface area contributed by atoms with Crippen molar-refractivity contribution in [1.29, 1.82) is 0 Å². The molecule has 2 aromatic rings. The topological polar surface area (TPSA) is 85.9 Å². The predicted molar refractivity (Wildman–Crippen MR) is 101 cm³/mol. The van der Waals surface area contributed by atoms with Gasteiger partial charge < -0.3 is 24.8 Å². The van der Waals surface area contributed by atoms with E-state index in [9.17, 15) is 9.59 Å². The molecule has 0 saturated heterocycles.